The number of aromatic amines is 1. The predicted molar refractivity (Wildman–Crippen MR) is 56.7 cm³/mol. The number of halogens is 2. The highest BCUT2D eigenvalue weighted by Crippen LogP contribution is 2.10. The zero-order valence-electron chi connectivity index (χ0n) is 8.28. The molecule has 0 radical (unpaired) electrons. The highest BCUT2D eigenvalue weighted by Gasteiger charge is 2.05. The molecule has 0 saturated heterocycles. The van der Waals surface area contributed by atoms with Crippen molar-refractivity contribution >= 4 is 11.6 Å². The van der Waals surface area contributed by atoms with Crippen molar-refractivity contribution in [2.75, 3.05) is 0 Å². The van der Waals surface area contributed by atoms with E-state index in [1.165, 1.54) is 6.07 Å². The predicted octanol–water partition coefficient (Wildman–Crippen LogP) is 2.26. The Morgan fingerprint density at radius 3 is 2.81 bits per heavy atom. The van der Waals surface area contributed by atoms with Crippen LogP contribution in [0.4, 0.5) is 4.39 Å². The number of nitrogens with zero attached hydrogens (tertiary/aromatic N) is 2. The summed E-state index contributed by atoms with van der Waals surface area (Å²) in [4.78, 5) is 2.75. The molecule has 0 unspecified atom stereocenters. The zero-order valence-corrected chi connectivity index (χ0v) is 9.04. The summed E-state index contributed by atoms with van der Waals surface area (Å²) in [5, 5.41) is 7.41. The highest BCUT2D eigenvalue weighted by molar-refractivity contribution is 6.16. The first-order chi connectivity index (χ1) is 7.79. The van der Waals surface area contributed by atoms with Gasteiger partial charge < -0.3 is 4.74 Å². The van der Waals surface area contributed by atoms with E-state index in [-0.39, 0.29) is 24.3 Å². The zero-order chi connectivity index (χ0) is 11.4. The van der Waals surface area contributed by atoms with Gasteiger partial charge in [0.15, 0.2) is 0 Å². The van der Waals surface area contributed by atoms with Crippen LogP contribution in [0.25, 0.3) is 0 Å². The Hall–Kier alpha value is -1.62. The second-order valence-electron chi connectivity index (χ2n) is 3.09. The van der Waals surface area contributed by atoms with Gasteiger partial charge in [-0.15, -0.1) is 16.7 Å². The molecule has 0 fully saturated rings. The van der Waals surface area contributed by atoms with Crippen molar-refractivity contribution in [2.45, 2.75) is 12.5 Å². The van der Waals surface area contributed by atoms with E-state index in [9.17, 15) is 4.39 Å². The molecule has 2 aromatic rings. The van der Waals surface area contributed by atoms with Gasteiger partial charge in [-0.25, -0.2) is 4.39 Å². The summed E-state index contributed by atoms with van der Waals surface area (Å²) in [6.07, 6.45) is 0. The molecule has 0 spiro atoms. The number of rotatable bonds is 4. The van der Waals surface area contributed by atoms with Gasteiger partial charge in [-0.1, -0.05) is 23.3 Å². The highest BCUT2D eigenvalue weighted by atomic mass is 35.5. The molecular weight excluding hydrogens is 233 g/mol. The largest absolute Gasteiger partial charge is 0.459 e. The van der Waals surface area contributed by atoms with Crippen LogP contribution in [0.2, 0.25) is 0 Å². The lowest BCUT2D eigenvalue weighted by molar-refractivity contribution is 0.276. The minimum absolute atomic E-state index is 0.101. The van der Waals surface area contributed by atoms with Crippen LogP contribution in [-0.2, 0) is 12.5 Å². The van der Waals surface area contributed by atoms with E-state index in [4.69, 9.17) is 16.3 Å². The molecule has 0 amide bonds. The van der Waals surface area contributed by atoms with Crippen LogP contribution in [0.15, 0.2) is 24.3 Å². The number of hydrogen-bond acceptors (Lipinski definition) is 3. The molecule has 84 valence electrons. The van der Waals surface area contributed by atoms with Gasteiger partial charge in [0.25, 0.3) is 0 Å². The Morgan fingerprint density at radius 2 is 2.12 bits per heavy atom. The lowest BCUT2D eigenvalue weighted by atomic mass is 10.2. The van der Waals surface area contributed by atoms with E-state index in [0.29, 0.717) is 11.4 Å². The summed E-state index contributed by atoms with van der Waals surface area (Å²) in [7, 11) is 0. The SMILES string of the molecule is Fc1ccccc1COc1nnc(CCl)[nH]1. The molecule has 4 nitrogen and oxygen atoms in total. The second-order valence-corrected chi connectivity index (χ2v) is 3.36. The first-order valence-electron chi connectivity index (χ1n) is 4.63. The number of H-pyrrole nitrogens is 1. The molecular formula is C10H9ClFN3O. The van der Waals surface area contributed by atoms with Gasteiger partial charge in [0, 0.05) is 5.56 Å². The first kappa shape index (κ1) is 10.9. The van der Waals surface area contributed by atoms with E-state index < -0.39 is 0 Å². The first-order valence-corrected chi connectivity index (χ1v) is 5.17. The number of benzene rings is 1. The smallest absolute Gasteiger partial charge is 0.314 e. The Labute approximate surface area is 96.4 Å². The van der Waals surface area contributed by atoms with Crippen molar-refractivity contribution in [3.63, 3.8) is 0 Å². The standard InChI is InChI=1S/C10H9ClFN3O/c11-5-9-13-10(15-14-9)16-6-7-3-1-2-4-8(7)12/h1-4H,5-6H2,(H,13,14,15). The fourth-order valence-corrected chi connectivity index (χ4v) is 1.29. The average molecular weight is 242 g/mol. The molecule has 1 heterocycles. The fourth-order valence-electron chi connectivity index (χ4n) is 1.17. The quantitative estimate of drug-likeness (QED) is 0.836. The summed E-state index contributed by atoms with van der Waals surface area (Å²) in [6.45, 7) is 0.101. The second kappa shape index (κ2) is 4.94. The molecule has 1 aromatic carbocycles. The van der Waals surface area contributed by atoms with Gasteiger partial charge in [0.1, 0.15) is 18.2 Å². The lowest BCUT2D eigenvalue weighted by Crippen LogP contribution is -1.99. The number of hydrogen-bond donors (Lipinski definition) is 1. The third kappa shape index (κ3) is 2.49. The summed E-state index contributed by atoms with van der Waals surface area (Å²) >= 11 is 5.53. The van der Waals surface area contributed by atoms with Gasteiger partial charge in [-0.05, 0) is 6.07 Å². The van der Waals surface area contributed by atoms with E-state index in [1.54, 1.807) is 18.2 Å². The fraction of sp³-hybridized carbons (Fsp3) is 0.200. The van der Waals surface area contributed by atoms with E-state index in [0.717, 1.165) is 0 Å². The van der Waals surface area contributed by atoms with Crippen molar-refractivity contribution in [3.8, 4) is 6.01 Å². The van der Waals surface area contributed by atoms with Crippen LogP contribution in [0, 0.1) is 5.82 Å². The summed E-state index contributed by atoms with van der Waals surface area (Å²) < 4.78 is 18.4. The topological polar surface area (TPSA) is 50.8 Å². The maximum Gasteiger partial charge on any atom is 0.314 e. The van der Waals surface area contributed by atoms with Crippen LogP contribution < -0.4 is 4.74 Å². The molecule has 0 aliphatic rings. The van der Waals surface area contributed by atoms with Gasteiger partial charge in [-0.3, -0.25) is 4.98 Å². The third-order valence-electron chi connectivity index (χ3n) is 1.96. The van der Waals surface area contributed by atoms with Crippen LogP contribution in [-0.4, -0.2) is 15.2 Å². The van der Waals surface area contributed by atoms with Crippen LogP contribution >= 0.6 is 11.6 Å². The molecule has 0 bridgehead atoms. The van der Waals surface area contributed by atoms with Gasteiger partial charge in [0.05, 0.1) is 5.88 Å². The Kier molecular flexibility index (Phi) is 3.36. The number of ether oxygens (including phenoxy) is 1. The van der Waals surface area contributed by atoms with Crippen molar-refractivity contribution < 1.29 is 9.13 Å². The number of aromatic nitrogens is 3. The van der Waals surface area contributed by atoms with Gasteiger partial charge in [0.2, 0.25) is 0 Å². The Bertz CT molecular complexity index is 475. The average Bonchev–Trinajstić information content (AvgIpc) is 2.76. The molecule has 2 rings (SSSR count). The maximum atomic E-state index is 13.2. The number of nitrogens with one attached hydrogen (secondary N) is 1. The van der Waals surface area contributed by atoms with Crippen LogP contribution in [0.1, 0.15) is 11.4 Å². The maximum absolute atomic E-state index is 13.2. The third-order valence-corrected chi connectivity index (χ3v) is 2.21. The van der Waals surface area contributed by atoms with Gasteiger partial charge in [-0.2, -0.15) is 0 Å². The van der Waals surface area contributed by atoms with Crippen LogP contribution in [0.5, 0.6) is 6.01 Å². The summed E-state index contributed by atoms with van der Waals surface area (Å²) in [6, 6.07) is 6.63. The molecule has 0 saturated carbocycles. The van der Waals surface area contributed by atoms with E-state index in [2.05, 4.69) is 15.2 Å². The van der Waals surface area contributed by atoms with Crippen molar-refractivity contribution in [1.82, 2.24) is 15.2 Å². The minimum atomic E-state index is -0.306. The van der Waals surface area contributed by atoms with E-state index >= 15 is 0 Å². The minimum Gasteiger partial charge on any atom is -0.459 e. The Balaban J connectivity index is 1.99. The molecule has 0 atom stereocenters. The van der Waals surface area contributed by atoms with Gasteiger partial charge >= 0.3 is 6.01 Å². The Morgan fingerprint density at radius 1 is 1.31 bits per heavy atom. The monoisotopic (exact) mass is 241 g/mol. The molecule has 1 N–H and O–H groups in total. The number of alkyl halides is 1. The summed E-state index contributed by atoms with van der Waals surface area (Å²) in [5.74, 6) is 0.445. The molecule has 1 aromatic heterocycles. The van der Waals surface area contributed by atoms with E-state index in [1.807, 2.05) is 0 Å². The normalized spacial score (nSPS) is 10.4. The molecule has 16 heavy (non-hydrogen) atoms. The molecule has 0 aliphatic heterocycles. The molecule has 0 aliphatic carbocycles. The van der Waals surface area contributed by atoms with Crippen molar-refractivity contribution in [3.05, 3.63) is 41.5 Å². The van der Waals surface area contributed by atoms with Crippen LogP contribution in [0.3, 0.4) is 0 Å². The molecule has 6 heteroatoms. The summed E-state index contributed by atoms with van der Waals surface area (Å²) in [5.41, 5.74) is 0.464. The van der Waals surface area contributed by atoms with Crippen molar-refractivity contribution in [1.29, 1.82) is 0 Å². The lowest BCUT2D eigenvalue weighted by Gasteiger charge is -2.02. The van der Waals surface area contributed by atoms with Crippen molar-refractivity contribution in [2.24, 2.45) is 0 Å².